The maximum absolute atomic E-state index is 12.4. The molecule has 0 aliphatic carbocycles. The summed E-state index contributed by atoms with van der Waals surface area (Å²) in [7, 11) is 0. The molecule has 0 unspecified atom stereocenters. The number of hydrazone groups is 1. The topological polar surface area (TPSA) is 63.8 Å². The number of ether oxygens (including phenoxy) is 1. The van der Waals surface area contributed by atoms with E-state index in [9.17, 15) is 4.79 Å². The summed E-state index contributed by atoms with van der Waals surface area (Å²) in [4.78, 5) is 12.4. The van der Waals surface area contributed by atoms with Crippen molar-refractivity contribution in [3.63, 3.8) is 0 Å². The molecule has 0 atom stereocenters. The Labute approximate surface area is 153 Å². The highest BCUT2D eigenvalue weighted by molar-refractivity contribution is 9.10. The highest BCUT2D eigenvalue weighted by atomic mass is 79.9. The molecule has 0 radical (unpaired) electrons. The van der Waals surface area contributed by atoms with Crippen molar-refractivity contribution in [3.8, 4) is 5.75 Å². The number of amides is 1. The van der Waals surface area contributed by atoms with Crippen LogP contribution in [0.5, 0.6) is 5.75 Å². The van der Waals surface area contributed by atoms with Crippen LogP contribution in [0, 0.1) is 0 Å². The van der Waals surface area contributed by atoms with Crippen LogP contribution in [-0.4, -0.2) is 12.1 Å². The molecule has 2 aromatic carbocycles. The Morgan fingerprint density at radius 2 is 2.00 bits per heavy atom. The molecule has 3 rings (SSSR count). The largest absolute Gasteiger partial charge is 0.488 e. The van der Waals surface area contributed by atoms with Crippen LogP contribution in [0.15, 0.2) is 80.9 Å². The number of benzene rings is 2. The van der Waals surface area contributed by atoms with Gasteiger partial charge in [0.1, 0.15) is 18.1 Å². The third-order valence-electron chi connectivity index (χ3n) is 3.33. The third-order valence-corrected chi connectivity index (χ3v) is 3.82. The molecule has 0 spiro atoms. The van der Waals surface area contributed by atoms with Crippen LogP contribution >= 0.6 is 15.9 Å². The van der Waals surface area contributed by atoms with Gasteiger partial charge in [-0.2, -0.15) is 5.10 Å². The summed E-state index contributed by atoms with van der Waals surface area (Å²) in [5.74, 6) is 0.666. The van der Waals surface area contributed by atoms with E-state index >= 15 is 0 Å². The number of carbonyl (C=O) groups is 1. The molecular weight excluding hydrogens is 384 g/mol. The average Bonchev–Trinajstić information content (AvgIpc) is 3.14. The highest BCUT2D eigenvalue weighted by Crippen LogP contribution is 2.24. The molecule has 0 aliphatic rings. The van der Waals surface area contributed by atoms with Crippen molar-refractivity contribution in [3.05, 3.63) is 88.3 Å². The van der Waals surface area contributed by atoms with E-state index in [1.165, 1.54) is 12.5 Å². The van der Waals surface area contributed by atoms with E-state index in [0.717, 1.165) is 10.0 Å². The maximum Gasteiger partial charge on any atom is 0.275 e. The first kappa shape index (κ1) is 17.0. The van der Waals surface area contributed by atoms with Crippen molar-refractivity contribution in [2.75, 3.05) is 0 Å². The normalized spacial score (nSPS) is 10.8. The Hall–Kier alpha value is -2.86. The summed E-state index contributed by atoms with van der Waals surface area (Å²) in [5, 5.41) is 3.89. The maximum atomic E-state index is 12.4. The molecule has 0 fully saturated rings. The average molecular weight is 399 g/mol. The van der Waals surface area contributed by atoms with Gasteiger partial charge in [-0.3, -0.25) is 4.79 Å². The molecule has 0 aliphatic heterocycles. The Bertz CT molecular complexity index is 862. The number of hydrogen-bond acceptors (Lipinski definition) is 4. The lowest BCUT2D eigenvalue weighted by atomic mass is 10.2. The minimum Gasteiger partial charge on any atom is -0.488 e. The lowest BCUT2D eigenvalue weighted by molar-refractivity contribution is 0.0950. The van der Waals surface area contributed by atoms with Crippen molar-refractivity contribution in [1.82, 2.24) is 5.43 Å². The van der Waals surface area contributed by atoms with E-state index < -0.39 is 0 Å². The Morgan fingerprint density at radius 3 is 2.76 bits per heavy atom. The molecule has 25 heavy (non-hydrogen) atoms. The van der Waals surface area contributed by atoms with Gasteiger partial charge >= 0.3 is 0 Å². The van der Waals surface area contributed by atoms with E-state index in [4.69, 9.17) is 9.15 Å². The van der Waals surface area contributed by atoms with Gasteiger partial charge in [0.15, 0.2) is 0 Å². The molecule has 6 heteroatoms. The van der Waals surface area contributed by atoms with Crippen molar-refractivity contribution in [2.45, 2.75) is 6.61 Å². The molecule has 0 saturated heterocycles. The zero-order valence-corrected chi connectivity index (χ0v) is 14.8. The van der Waals surface area contributed by atoms with Gasteiger partial charge in [0.2, 0.25) is 0 Å². The van der Waals surface area contributed by atoms with Crippen molar-refractivity contribution in [2.24, 2.45) is 5.10 Å². The number of nitrogens with zero attached hydrogens (tertiary/aromatic N) is 1. The lowest BCUT2D eigenvalue weighted by Gasteiger charge is -2.11. The predicted octanol–water partition coefficient (Wildman–Crippen LogP) is 4.39. The fourth-order valence-electron chi connectivity index (χ4n) is 2.12. The number of furan rings is 1. The van der Waals surface area contributed by atoms with Crippen LogP contribution in [0.2, 0.25) is 0 Å². The standard InChI is InChI=1S/C19H15BrN2O3/c20-15-8-9-17(19(23)22-21-12-16-7-4-10-24-16)18(11-15)25-13-14-5-2-1-3-6-14/h1-12H,13H2,(H,22,23)/b21-12+. The van der Waals surface area contributed by atoms with Gasteiger partial charge < -0.3 is 9.15 Å². The van der Waals surface area contributed by atoms with Crippen molar-refractivity contribution < 1.29 is 13.9 Å². The van der Waals surface area contributed by atoms with Gasteiger partial charge in [-0.1, -0.05) is 46.3 Å². The monoisotopic (exact) mass is 398 g/mol. The summed E-state index contributed by atoms with van der Waals surface area (Å²) < 4.78 is 11.8. The van der Waals surface area contributed by atoms with Gasteiger partial charge in [0.05, 0.1) is 18.0 Å². The predicted molar refractivity (Wildman–Crippen MR) is 98.7 cm³/mol. The molecule has 1 heterocycles. The molecule has 3 aromatic rings. The second-order valence-corrected chi connectivity index (χ2v) is 6.04. The van der Waals surface area contributed by atoms with Gasteiger partial charge in [-0.25, -0.2) is 5.43 Å². The van der Waals surface area contributed by atoms with Crippen LogP contribution in [0.1, 0.15) is 21.7 Å². The van der Waals surface area contributed by atoms with Crippen LogP contribution in [0.25, 0.3) is 0 Å². The Kier molecular flexibility index (Phi) is 5.64. The molecule has 5 nitrogen and oxygen atoms in total. The Morgan fingerprint density at radius 1 is 1.16 bits per heavy atom. The summed E-state index contributed by atoms with van der Waals surface area (Å²) in [6.45, 7) is 0.368. The number of carbonyl (C=O) groups excluding carboxylic acids is 1. The first-order valence-corrected chi connectivity index (χ1v) is 8.35. The fraction of sp³-hybridized carbons (Fsp3) is 0.0526. The smallest absolute Gasteiger partial charge is 0.275 e. The minimum atomic E-state index is -0.363. The quantitative estimate of drug-likeness (QED) is 0.494. The summed E-state index contributed by atoms with van der Waals surface area (Å²) in [6, 6.07) is 18.5. The summed E-state index contributed by atoms with van der Waals surface area (Å²) >= 11 is 3.40. The van der Waals surface area contributed by atoms with Crippen LogP contribution in [0.3, 0.4) is 0 Å². The number of rotatable bonds is 6. The van der Waals surface area contributed by atoms with E-state index in [2.05, 4.69) is 26.5 Å². The second-order valence-electron chi connectivity index (χ2n) is 5.13. The molecular formula is C19H15BrN2O3. The van der Waals surface area contributed by atoms with Crippen LogP contribution in [-0.2, 0) is 6.61 Å². The number of hydrogen-bond donors (Lipinski definition) is 1. The zero-order valence-electron chi connectivity index (χ0n) is 13.2. The molecule has 0 saturated carbocycles. The third kappa shape index (κ3) is 4.81. The Balaban J connectivity index is 1.70. The van der Waals surface area contributed by atoms with Crippen LogP contribution < -0.4 is 10.2 Å². The van der Waals surface area contributed by atoms with E-state index in [1.807, 2.05) is 30.3 Å². The SMILES string of the molecule is O=C(N/N=C/c1ccco1)c1ccc(Br)cc1OCc1ccccc1. The van der Waals surface area contributed by atoms with E-state index in [0.29, 0.717) is 23.7 Å². The fourth-order valence-corrected chi connectivity index (χ4v) is 2.46. The van der Waals surface area contributed by atoms with Crippen molar-refractivity contribution in [1.29, 1.82) is 0 Å². The molecule has 126 valence electrons. The van der Waals surface area contributed by atoms with Gasteiger partial charge in [-0.15, -0.1) is 0 Å². The van der Waals surface area contributed by atoms with Gasteiger partial charge in [0, 0.05) is 4.47 Å². The lowest BCUT2D eigenvalue weighted by Crippen LogP contribution is -2.18. The highest BCUT2D eigenvalue weighted by Gasteiger charge is 2.13. The summed E-state index contributed by atoms with van der Waals surface area (Å²) in [5.41, 5.74) is 3.89. The second kappa shape index (κ2) is 8.30. The van der Waals surface area contributed by atoms with E-state index in [-0.39, 0.29) is 5.91 Å². The van der Waals surface area contributed by atoms with Gasteiger partial charge in [0.25, 0.3) is 5.91 Å². The van der Waals surface area contributed by atoms with Crippen LogP contribution in [0.4, 0.5) is 0 Å². The first-order chi connectivity index (χ1) is 12.2. The summed E-state index contributed by atoms with van der Waals surface area (Å²) in [6.07, 6.45) is 2.97. The molecule has 1 aromatic heterocycles. The van der Waals surface area contributed by atoms with E-state index in [1.54, 1.807) is 30.3 Å². The van der Waals surface area contributed by atoms with Crippen molar-refractivity contribution >= 4 is 28.1 Å². The first-order valence-electron chi connectivity index (χ1n) is 7.55. The zero-order chi connectivity index (χ0) is 17.5. The number of halogens is 1. The molecule has 0 bridgehead atoms. The molecule has 1 N–H and O–H groups in total. The molecule has 1 amide bonds. The number of nitrogens with one attached hydrogen (secondary N) is 1. The minimum absolute atomic E-state index is 0.363. The van der Waals surface area contributed by atoms with Gasteiger partial charge in [-0.05, 0) is 35.9 Å².